The quantitative estimate of drug-likeness (QED) is 0.783. The molecule has 1 amide bonds. The largest absolute Gasteiger partial charge is 0.480 e. The average molecular weight is 211 g/mol. The SMILES string of the molecule is CCC(NC(=O)c1coc(C)c1)C(=O)O. The summed E-state index contributed by atoms with van der Waals surface area (Å²) in [5, 5.41) is 11.1. The highest BCUT2D eigenvalue weighted by molar-refractivity contribution is 5.96. The van der Waals surface area contributed by atoms with Crippen molar-refractivity contribution in [2.45, 2.75) is 26.3 Å². The molecule has 0 aliphatic carbocycles. The van der Waals surface area contributed by atoms with E-state index >= 15 is 0 Å². The highest BCUT2D eigenvalue weighted by atomic mass is 16.4. The number of carbonyl (C=O) groups is 2. The molecule has 0 radical (unpaired) electrons. The van der Waals surface area contributed by atoms with Gasteiger partial charge in [-0.05, 0) is 19.4 Å². The molecule has 0 aromatic carbocycles. The monoisotopic (exact) mass is 211 g/mol. The standard InChI is InChI=1S/C10H13NO4/c1-3-8(10(13)14)11-9(12)7-4-6(2)15-5-7/h4-5,8H,3H2,1-2H3,(H,11,12)(H,13,14). The topological polar surface area (TPSA) is 79.5 Å². The molecule has 15 heavy (non-hydrogen) atoms. The Balaban J connectivity index is 2.66. The van der Waals surface area contributed by atoms with E-state index in [4.69, 9.17) is 9.52 Å². The van der Waals surface area contributed by atoms with Gasteiger partial charge in [-0.15, -0.1) is 0 Å². The molecule has 1 unspecified atom stereocenters. The molecule has 5 nitrogen and oxygen atoms in total. The minimum absolute atomic E-state index is 0.340. The maximum atomic E-state index is 11.5. The van der Waals surface area contributed by atoms with Crippen LogP contribution >= 0.6 is 0 Å². The van der Waals surface area contributed by atoms with Crippen LogP contribution in [0.3, 0.4) is 0 Å². The molecule has 0 spiro atoms. The third kappa shape index (κ3) is 2.83. The predicted octanol–water partition coefficient (Wildman–Crippen LogP) is 1.18. The summed E-state index contributed by atoms with van der Waals surface area (Å²) in [6.07, 6.45) is 1.65. The lowest BCUT2D eigenvalue weighted by atomic mass is 10.2. The summed E-state index contributed by atoms with van der Waals surface area (Å²) in [7, 11) is 0. The molecule has 1 atom stereocenters. The van der Waals surface area contributed by atoms with Gasteiger partial charge in [0.05, 0.1) is 5.56 Å². The summed E-state index contributed by atoms with van der Waals surface area (Å²) in [5.74, 6) is -0.851. The van der Waals surface area contributed by atoms with Crippen LogP contribution in [-0.2, 0) is 4.79 Å². The summed E-state index contributed by atoms with van der Waals surface area (Å²) in [6.45, 7) is 3.41. The van der Waals surface area contributed by atoms with E-state index in [1.807, 2.05) is 0 Å². The maximum Gasteiger partial charge on any atom is 0.326 e. The van der Waals surface area contributed by atoms with Gasteiger partial charge >= 0.3 is 5.97 Å². The molecule has 2 N–H and O–H groups in total. The Hall–Kier alpha value is -1.78. The van der Waals surface area contributed by atoms with E-state index in [2.05, 4.69) is 5.32 Å². The van der Waals surface area contributed by atoms with Gasteiger partial charge in [0.2, 0.25) is 0 Å². The van der Waals surface area contributed by atoms with Crippen molar-refractivity contribution < 1.29 is 19.1 Å². The smallest absolute Gasteiger partial charge is 0.326 e. The Kier molecular flexibility index (Phi) is 3.49. The van der Waals surface area contributed by atoms with Gasteiger partial charge < -0.3 is 14.8 Å². The van der Waals surface area contributed by atoms with Crippen molar-refractivity contribution in [2.24, 2.45) is 0 Å². The van der Waals surface area contributed by atoms with E-state index in [1.54, 1.807) is 19.9 Å². The van der Waals surface area contributed by atoms with E-state index < -0.39 is 17.9 Å². The van der Waals surface area contributed by atoms with E-state index in [-0.39, 0.29) is 0 Å². The van der Waals surface area contributed by atoms with E-state index in [1.165, 1.54) is 6.26 Å². The highest BCUT2D eigenvalue weighted by Gasteiger charge is 2.19. The Morgan fingerprint density at radius 1 is 1.60 bits per heavy atom. The van der Waals surface area contributed by atoms with Crippen LogP contribution in [-0.4, -0.2) is 23.0 Å². The molecular formula is C10H13NO4. The van der Waals surface area contributed by atoms with Crippen molar-refractivity contribution in [3.8, 4) is 0 Å². The van der Waals surface area contributed by atoms with Gasteiger partial charge in [-0.1, -0.05) is 6.92 Å². The van der Waals surface area contributed by atoms with Crippen LogP contribution < -0.4 is 5.32 Å². The first-order valence-electron chi connectivity index (χ1n) is 4.63. The first kappa shape index (κ1) is 11.3. The third-order valence-corrected chi connectivity index (χ3v) is 2.00. The fraction of sp³-hybridized carbons (Fsp3) is 0.400. The first-order valence-corrected chi connectivity index (χ1v) is 4.63. The Bertz CT molecular complexity index is 369. The van der Waals surface area contributed by atoms with Gasteiger partial charge in [0.15, 0.2) is 0 Å². The van der Waals surface area contributed by atoms with E-state index in [0.717, 1.165) is 0 Å². The van der Waals surface area contributed by atoms with Crippen LogP contribution in [0.1, 0.15) is 29.5 Å². The molecule has 1 heterocycles. The molecular weight excluding hydrogens is 198 g/mol. The van der Waals surface area contributed by atoms with Gasteiger partial charge in [-0.3, -0.25) is 4.79 Å². The second-order valence-corrected chi connectivity index (χ2v) is 3.22. The molecule has 0 aliphatic heterocycles. The molecule has 1 aromatic rings. The van der Waals surface area contributed by atoms with Crippen LogP contribution in [0.4, 0.5) is 0 Å². The maximum absolute atomic E-state index is 11.5. The van der Waals surface area contributed by atoms with E-state index in [0.29, 0.717) is 17.7 Å². The number of aryl methyl sites for hydroxylation is 1. The zero-order chi connectivity index (χ0) is 11.4. The number of furan rings is 1. The van der Waals surface area contributed by atoms with Crippen molar-refractivity contribution in [3.05, 3.63) is 23.7 Å². The second-order valence-electron chi connectivity index (χ2n) is 3.22. The van der Waals surface area contributed by atoms with Crippen LogP contribution in [0.2, 0.25) is 0 Å². The van der Waals surface area contributed by atoms with Crippen molar-refractivity contribution >= 4 is 11.9 Å². The number of carboxylic acid groups (broad SMARTS) is 1. The molecule has 1 rings (SSSR count). The number of amides is 1. The first-order chi connectivity index (χ1) is 7.04. The molecule has 0 saturated heterocycles. The average Bonchev–Trinajstić information content (AvgIpc) is 2.60. The van der Waals surface area contributed by atoms with Crippen LogP contribution in [0.5, 0.6) is 0 Å². The lowest BCUT2D eigenvalue weighted by molar-refractivity contribution is -0.139. The van der Waals surface area contributed by atoms with E-state index in [9.17, 15) is 9.59 Å². The number of hydrogen-bond acceptors (Lipinski definition) is 3. The zero-order valence-corrected chi connectivity index (χ0v) is 8.61. The lowest BCUT2D eigenvalue weighted by Crippen LogP contribution is -2.40. The number of carboxylic acids is 1. The molecule has 5 heteroatoms. The summed E-state index contributed by atoms with van der Waals surface area (Å²) < 4.78 is 4.95. The van der Waals surface area contributed by atoms with Gasteiger partial charge in [0.1, 0.15) is 18.1 Å². The number of nitrogens with one attached hydrogen (secondary N) is 1. The van der Waals surface area contributed by atoms with Crippen LogP contribution in [0.15, 0.2) is 16.7 Å². The van der Waals surface area contributed by atoms with Gasteiger partial charge in [0.25, 0.3) is 5.91 Å². The Morgan fingerprint density at radius 2 is 2.27 bits per heavy atom. The van der Waals surface area contributed by atoms with Gasteiger partial charge in [0, 0.05) is 0 Å². The molecule has 82 valence electrons. The summed E-state index contributed by atoms with van der Waals surface area (Å²) >= 11 is 0. The second kappa shape index (κ2) is 4.63. The van der Waals surface area contributed by atoms with Gasteiger partial charge in [-0.25, -0.2) is 4.79 Å². The number of rotatable bonds is 4. The van der Waals surface area contributed by atoms with Crippen molar-refractivity contribution in [1.82, 2.24) is 5.32 Å². The van der Waals surface area contributed by atoms with Crippen molar-refractivity contribution in [3.63, 3.8) is 0 Å². The van der Waals surface area contributed by atoms with Crippen molar-refractivity contribution in [2.75, 3.05) is 0 Å². The number of aliphatic carboxylic acids is 1. The van der Waals surface area contributed by atoms with Crippen molar-refractivity contribution in [1.29, 1.82) is 0 Å². The molecule has 0 bridgehead atoms. The van der Waals surface area contributed by atoms with Crippen LogP contribution in [0.25, 0.3) is 0 Å². The highest BCUT2D eigenvalue weighted by Crippen LogP contribution is 2.06. The third-order valence-electron chi connectivity index (χ3n) is 2.00. The summed E-state index contributed by atoms with van der Waals surface area (Å²) in [4.78, 5) is 22.2. The summed E-state index contributed by atoms with van der Waals surface area (Å²) in [6, 6.07) is 0.705. The number of carbonyl (C=O) groups excluding carboxylic acids is 1. The summed E-state index contributed by atoms with van der Waals surface area (Å²) in [5.41, 5.74) is 0.340. The molecule has 0 saturated carbocycles. The predicted molar refractivity (Wildman–Crippen MR) is 52.6 cm³/mol. The fourth-order valence-corrected chi connectivity index (χ4v) is 1.14. The fourth-order valence-electron chi connectivity index (χ4n) is 1.14. The minimum atomic E-state index is -1.04. The Labute approximate surface area is 87.1 Å². The normalized spacial score (nSPS) is 12.1. The molecule has 0 aliphatic rings. The number of hydrogen-bond donors (Lipinski definition) is 2. The molecule has 0 fully saturated rings. The van der Waals surface area contributed by atoms with Crippen LogP contribution in [0, 0.1) is 6.92 Å². The lowest BCUT2D eigenvalue weighted by Gasteiger charge is -2.10. The Morgan fingerprint density at radius 3 is 2.67 bits per heavy atom. The minimum Gasteiger partial charge on any atom is -0.480 e. The zero-order valence-electron chi connectivity index (χ0n) is 8.61. The molecule has 1 aromatic heterocycles. The van der Waals surface area contributed by atoms with Gasteiger partial charge in [-0.2, -0.15) is 0 Å².